The van der Waals surface area contributed by atoms with E-state index in [1.165, 1.54) is 0 Å². The number of halogens is 1. The summed E-state index contributed by atoms with van der Waals surface area (Å²) in [5, 5.41) is 3.51. The Bertz CT molecular complexity index is 555. The summed E-state index contributed by atoms with van der Waals surface area (Å²) in [5.41, 5.74) is 2.47. The SMILES string of the molecule is Cc1cc(Cl)ccc1NC(=O)Cc1ccccn1. The summed E-state index contributed by atoms with van der Waals surface area (Å²) in [6.45, 7) is 1.91. The Hall–Kier alpha value is -1.87. The number of hydrogen-bond donors (Lipinski definition) is 1. The predicted octanol–water partition coefficient (Wildman–Crippen LogP) is 3.22. The van der Waals surface area contributed by atoms with Crippen LogP contribution in [0, 0.1) is 6.92 Å². The lowest BCUT2D eigenvalue weighted by Crippen LogP contribution is -2.15. The Kier molecular flexibility index (Phi) is 3.95. The fourth-order valence-corrected chi connectivity index (χ4v) is 1.86. The molecule has 1 heterocycles. The first-order valence-electron chi connectivity index (χ1n) is 5.61. The van der Waals surface area contributed by atoms with Crippen LogP contribution in [-0.2, 0) is 11.2 Å². The number of anilines is 1. The van der Waals surface area contributed by atoms with E-state index in [0.29, 0.717) is 5.02 Å². The van der Waals surface area contributed by atoms with Crippen LogP contribution in [0.3, 0.4) is 0 Å². The van der Waals surface area contributed by atoms with Crippen molar-refractivity contribution in [3.63, 3.8) is 0 Å². The van der Waals surface area contributed by atoms with E-state index in [0.717, 1.165) is 16.9 Å². The molecule has 0 atom stereocenters. The molecule has 2 aromatic rings. The maximum atomic E-state index is 11.8. The van der Waals surface area contributed by atoms with Gasteiger partial charge >= 0.3 is 0 Å². The van der Waals surface area contributed by atoms with Gasteiger partial charge in [0.25, 0.3) is 0 Å². The van der Waals surface area contributed by atoms with Gasteiger partial charge in [0.2, 0.25) is 5.91 Å². The molecule has 92 valence electrons. The smallest absolute Gasteiger partial charge is 0.230 e. The first kappa shape index (κ1) is 12.6. The van der Waals surface area contributed by atoms with Crippen LogP contribution in [0.1, 0.15) is 11.3 Å². The van der Waals surface area contributed by atoms with Crippen molar-refractivity contribution in [3.05, 3.63) is 58.9 Å². The van der Waals surface area contributed by atoms with Gasteiger partial charge in [0.05, 0.1) is 6.42 Å². The van der Waals surface area contributed by atoms with Gasteiger partial charge in [0.1, 0.15) is 0 Å². The molecule has 0 aliphatic rings. The van der Waals surface area contributed by atoms with E-state index in [4.69, 9.17) is 11.6 Å². The molecule has 0 bridgehead atoms. The summed E-state index contributed by atoms with van der Waals surface area (Å²) in [6.07, 6.45) is 1.94. The van der Waals surface area contributed by atoms with Crippen LogP contribution >= 0.6 is 11.6 Å². The molecule has 0 fully saturated rings. The third kappa shape index (κ3) is 3.31. The van der Waals surface area contributed by atoms with Crippen molar-refractivity contribution >= 4 is 23.2 Å². The number of carbonyl (C=O) groups excluding carboxylic acids is 1. The molecule has 1 aromatic carbocycles. The average molecular weight is 261 g/mol. The Morgan fingerprint density at radius 1 is 1.33 bits per heavy atom. The van der Waals surface area contributed by atoms with E-state index < -0.39 is 0 Å². The van der Waals surface area contributed by atoms with E-state index >= 15 is 0 Å². The molecule has 2 rings (SSSR count). The molecule has 1 aromatic heterocycles. The number of aromatic nitrogens is 1. The van der Waals surface area contributed by atoms with Crippen LogP contribution in [-0.4, -0.2) is 10.9 Å². The van der Waals surface area contributed by atoms with Gasteiger partial charge in [-0.3, -0.25) is 9.78 Å². The third-order valence-electron chi connectivity index (χ3n) is 2.53. The zero-order chi connectivity index (χ0) is 13.0. The maximum Gasteiger partial charge on any atom is 0.230 e. The van der Waals surface area contributed by atoms with Crippen LogP contribution in [0.2, 0.25) is 5.02 Å². The second-order valence-electron chi connectivity index (χ2n) is 4.01. The summed E-state index contributed by atoms with van der Waals surface area (Å²) in [5.74, 6) is -0.0841. The molecule has 1 N–H and O–H groups in total. The van der Waals surface area contributed by atoms with Crippen LogP contribution in [0.25, 0.3) is 0 Å². The fraction of sp³-hybridized carbons (Fsp3) is 0.143. The summed E-state index contributed by atoms with van der Waals surface area (Å²) in [4.78, 5) is 15.9. The molecule has 0 unspecified atom stereocenters. The van der Waals surface area contributed by atoms with Gasteiger partial charge in [-0.05, 0) is 42.8 Å². The number of carbonyl (C=O) groups is 1. The number of benzene rings is 1. The van der Waals surface area contributed by atoms with Crippen molar-refractivity contribution in [1.82, 2.24) is 4.98 Å². The van der Waals surface area contributed by atoms with Crippen molar-refractivity contribution in [2.24, 2.45) is 0 Å². The third-order valence-corrected chi connectivity index (χ3v) is 2.77. The highest BCUT2D eigenvalue weighted by atomic mass is 35.5. The monoisotopic (exact) mass is 260 g/mol. The minimum absolute atomic E-state index is 0.0841. The summed E-state index contributed by atoms with van der Waals surface area (Å²) in [6, 6.07) is 10.9. The topological polar surface area (TPSA) is 42.0 Å². The Morgan fingerprint density at radius 3 is 2.83 bits per heavy atom. The maximum absolute atomic E-state index is 11.8. The van der Waals surface area contributed by atoms with Crippen LogP contribution in [0.4, 0.5) is 5.69 Å². The summed E-state index contributed by atoms with van der Waals surface area (Å²) in [7, 11) is 0. The largest absolute Gasteiger partial charge is 0.326 e. The number of hydrogen-bond acceptors (Lipinski definition) is 2. The first-order chi connectivity index (χ1) is 8.65. The lowest BCUT2D eigenvalue weighted by atomic mass is 10.2. The lowest BCUT2D eigenvalue weighted by Gasteiger charge is -2.08. The summed E-state index contributed by atoms with van der Waals surface area (Å²) < 4.78 is 0. The zero-order valence-corrected chi connectivity index (χ0v) is 10.7. The molecule has 3 nitrogen and oxygen atoms in total. The molecular weight excluding hydrogens is 248 g/mol. The minimum Gasteiger partial charge on any atom is -0.326 e. The van der Waals surface area contributed by atoms with Crippen molar-refractivity contribution in [2.45, 2.75) is 13.3 Å². The van der Waals surface area contributed by atoms with Crippen molar-refractivity contribution in [2.75, 3.05) is 5.32 Å². The molecule has 1 amide bonds. The standard InChI is InChI=1S/C14H13ClN2O/c1-10-8-11(15)5-6-13(10)17-14(18)9-12-4-2-3-7-16-12/h2-8H,9H2,1H3,(H,17,18). The van der Waals surface area contributed by atoms with Gasteiger partial charge in [-0.2, -0.15) is 0 Å². The van der Waals surface area contributed by atoms with E-state index in [1.54, 1.807) is 18.3 Å². The second-order valence-corrected chi connectivity index (χ2v) is 4.44. The number of nitrogens with zero attached hydrogens (tertiary/aromatic N) is 1. The second kappa shape index (κ2) is 5.65. The highest BCUT2D eigenvalue weighted by molar-refractivity contribution is 6.30. The Morgan fingerprint density at radius 2 is 2.17 bits per heavy atom. The minimum atomic E-state index is -0.0841. The van der Waals surface area contributed by atoms with E-state index in [9.17, 15) is 4.79 Å². The molecule has 18 heavy (non-hydrogen) atoms. The van der Waals surface area contributed by atoms with Gasteiger partial charge in [-0.25, -0.2) is 0 Å². The number of pyridine rings is 1. The molecule has 0 spiro atoms. The average Bonchev–Trinajstić information content (AvgIpc) is 2.34. The Labute approximate surface area is 111 Å². The molecule has 0 saturated heterocycles. The number of aryl methyl sites for hydroxylation is 1. The zero-order valence-electron chi connectivity index (χ0n) is 9.98. The van der Waals surface area contributed by atoms with Gasteiger partial charge in [0, 0.05) is 22.6 Å². The predicted molar refractivity (Wildman–Crippen MR) is 72.8 cm³/mol. The number of rotatable bonds is 3. The molecule has 0 aliphatic carbocycles. The highest BCUT2D eigenvalue weighted by Gasteiger charge is 2.06. The molecule has 0 radical (unpaired) electrons. The molecule has 4 heteroatoms. The first-order valence-corrected chi connectivity index (χ1v) is 5.99. The van der Waals surface area contributed by atoms with E-state index in [1.807, 2.05) is 31.2 Å². The van der Waals surface area contributed by atoms with E-state index in [2.05, 4.69) is 10.3 Å². The van der Waals surface area contributed by atoms with E-state index in [-0.39, 0.29) is 12.3 Å². The van der Waals surface area contributed by atoms with Crippen LogP contribution in [0.15, 0.2) is 42.6 Å². The van der Waals surface area contributed by atoms with Crippen molar-refractivity contribution in [3.8, 4) is 0 Å². The molecular formula is C14H13ClN2O. The normalized spacial score (nSPS) is 10.1. The molecule has 0 aliphatic heterocycles. The molecule has 0 saturated carbocycles. The van der Waals surface area contributed by atoms with Gasteiger partial charge in [-0.1, -0.05) is 17.7 Å². The fourth-order valence-electron chi connectivity index (χ4n) is 1.63. The van der Waals surface area contributed by atoms with Gasteiger partial charge in [-0.15, -0.1) is 0 Å². The van der Waals surface area contributed by atoms with Crippen LogP contribution in [0.5, 0.6) is 0 Å². The van der Waals surface area contributed by atoms with Crippen molar-refractivity contribution in [1.29, 1.82) is 0 Å². The highest BCUT2D eigenvalue weighted by Crippen LogP contribution is 2.19. The quantitative estimate of drug-likeness (QED) is 0.921. The van der Waals surface area contributed by atoms with Crippen molar-refractivity contribution < 1.29 is 4.79 Å². The number of nitrogens with one attached hydrogen (secondary N) is 1. The summed E-state index contributed by atoms with van der Waals surface area (Å²) >= 11 is 5.86. The number of amides is 1. The lowest BCUT2D eigenvalue weighted by molar-refractivity contribution is -0.115. The Balaban J connectivity index is 2.03. The van der Waals surface area contributed by atoms with Gasteiger partial charge in [0.15, 0.2) is 0 Å². The van der Waals surface area contributed by atoms with Crippen LogP contribution < -0.4 is 5.32 Å². The van der Waals surface area contributed by atoms with Gasteiger partial charge < -0.3 is 5.32 Å².